The molecule has 1 heterocycles. The van der Waals surface area contributed by atoms with E-state index in [1.54, 1.807) is 7.11 Å². The lowest BCUT2D eigenvalue weighted by atomic mass is 9.92. The normalized spacial score (nSPS) is 28.1. The highest BCUT2D eigenvalue weighted by Gasteiger charge is 2.35. The first kappa shape index (κ1) is 13.3. The van der Waals surface area contributed by atoms with Crippen LogP contribution in [0.15, 0.2) is 24.3 Å². The molecule has 0 radical (unpaired) electrons. The van der Waals surface area contributed by atoms with Gasteiger partial charge in [0, 0.05) is 6.54 Å². The first-order valence-electron chi connectivity index (χ1n) is 6.29. The lowest BCUT2D eigenvalue weighted by Crippen LogP contribution is -2.53. The summed E-state index contributed by atoms with van der Waals surface area (Å²) in [4.78, 5) is 0. The number of aliphatic hydroxyl groups is 1. The monoisotopic (exact) mass is 251 g/mol. The fraction of sp³-hybridized carbons (Fsp3) is 0.571. The average Bonchev–Trinajstić information content (AvgIpc) is 2.37. The van der Waals surface area contributed by atoms with Crippen molar-refractivity contribution in [2.75, 3.05) is 20.2 Å². The summed E-state index contributed by atoms with van der Waals surface area (Å²) in [6.45, 7) is 3.85. The van der Waals surface area contributed by atoms with Gasteiger partial charge < -0.3 is 19.9 Å². The van der Waals surface area contributed by atoms with Crippen LogP contribution in [0.2, 0.25) is 0 Å². The Balaban J connectivity index is 1.94. The van der Waals surface area contributed by atoms with E-state index in [9.17, 15) is 5.11 Å². The SMILES string of the molecule is COc1cccc(COC2CNCCC2(C)O)c1. The standard InChI is InChI=1S/C14H21NO3/c1-14(16)6-7-15-9-13(14)18-10-11-4-3-5-12(8-11)17-2/h3-5,8,13,15-16H,6-7,9-10H2,1-2H3. The minimum absolute atomic E-state index is 0.169. The molecule has 2 N–H and O–H groups in total. The summed E-state index contributed by atoms with van der Waals surface area (Å²) in [5.41, 5.74) is 0.306. The molecular formula is C14H21NO3. The third-order valence-electron chi connectivity index (χ3n) is 3.42. The first-order chi connectivity index (χ1) is 8.62. The predicted molar refractivity (Wildman–Crippen MR) is 69.7 cm³/mol. The molecule has 0 bridgehead atoms. The lowest BCUT2D eigenvalue weighted by Gasteiger charge is -2.37. The van der Waals surface area contributed by atoms with E-state index >= 15 is 0 Å². The predicted octanol–water partition coefficient (Wildman–Crippen LogP) is 1.32. The highest BCUT2D eigenvalue weighted by molar-refractivity contribution is 5.27. The van der Waals surface area contributed by atoms with Crippen molar-refractivity contribution < 1.29 is 14.6 Å². The Morgan fingerprint density at radius 3 is 3.06 bits per heavy atom. The van der Waals surface area contributed by atoms with E-state index in [1.165, 1.54) is 0 Å². The van der Waals surface area contributed by atoms with Gasteiger partial charge in [-0.05, 0) is 37.6 Å². The molecular weight excluding hydrogens is 230 g/mol. The molecule has 100 valence electrons. The maximum absolute atomic E-state index is 10.2. The summed E-state index contributed by atoms with van der Waals surface area (Å²) in [6, 6.07) is 7.79. The van der Waals surface area contributed by atoms with Crippen molar-refractivity contribution in [2.45, 2.75) is 31.7 Å². The molecule has 1 aliphatic heterocycles. The minimum atomic E-state index is -0.746. The van der Waals surface area contributed by atoms with Gasteiger partial charge in [0.25, 0.3) is 0 Å². The second kappa shape index (κ2) is 5.69. The van der Waals surface area contributed by atoms with Crippen LogP contribution < -0.4 is 10.1 Å². The number of rotatable bonds is 4. The average molecular weight is 251 g/mol. The van der Waals surface area contributed by atoms with Crippen molar-refractivity contribution in [1.82, 2.24) is 5.32 Å². The summed E-state index contributed by atoms with van der Waals surface area (Å²) in [5.74, 6) is 0.824. The Bertz CT molecular complexity index is 392. The van der Waals surface area contributed by atoms with Gasteiger partial charge in [0.15, 0.2) is 0 Å². The van der Waals surface area contributed by atoms with Crippen LogP contribution in [-0.2, 0) is 11.3 Å². The van der Waals surface area contributed by atoms with Crippen molar-refractivity contribution in [3.8, 4) is 5.75 Å². The zero-order valence-corrected chi connectivity index (χ0v) is 11.0. The topological polar surface area (TPSA) is 50.7 Å². The number of hydrogen-bond donors (Lipinski definition) is 2. The van der Waals surface area contributed by atoms with Crippen LogP contribution in [0, 0.1) is 0 Å². The lowest BCUT2D eigenvalue weighted by molar-refractivity contribution is -0.118. The van der Waals surface area contributed by atoms with Gasteiger partial charge in [0.05, 0.1) is 25.4 Å². The molecule has 0 amide bonds. The van der Waals surface area contributed by atoms with E-state index in [1.807, 2.05) is 31.2 Å². The number of nitrogens with one attached hydrogen (secondary N) is 1. The van der Waals surface area contributed by atoms with Crippen molar-refractivity contribution >= 4 is 0 Å². The summed E-state index contributed by atoms with van der Waals surface area (Å²) in [5, 5.41) is 13.5. The van der Waals surface area contributed by atoms with Gasteiger partial charge in [-0.25, -0.2) is 0 Å². The largest absolute Gasteiger partial charge is 0.497 e. The molecule has 1 fully saturated rings. The van der Waals surface area contributed by atoms with E-state index in [0.717, 1.165) is 24.3 Å². The Morgan fingerprint density at radius 1 is 1.50 bits per heavy atom. The Labute approximate surface area is 108 Å². The molecule has 2 unspecified atom stereocenters. The number of hydrogen-bond acceptors (Lipinski definition) is 4. The first-order valence-corrected chi connectivity index (χ1v) is 6.29. The maximum atomic E-state index is 10.2. The molecule has 4 nitrogen and oxygen atoms in total. The van der Waals surface area contributed by atoms with Gasteiger partial charge in [0.1, 0.15) is 5.75 Å². The molecule has 0 aromatic heterocycles. The van der Waals surface area contributed by atoms with Crippen LogP contribution in [-0.4, -0.2) is 37.0 Å². The van der Waals surface area contributed by atoms with Crippen LogP contribution in [0.4, 0.5) is 0 Å². The van der Waals surface area contributed by atoms with Crippen molar-refractivity contribution in [2.24, 2.45) is 0 Å². The van der Waals surface area contributed by atoms with Gasteiger partial charge in [0.2, 0.25) is 0 Å². The highest BCUT2D eigenvalue weighted by Crippen LogP contribution is 2.22. The van der Waals surface area contributed by atoms with Crippen molar-refractivity contribution in [1.29, 1.82) is 0 Å². The highest BCUT2D eigenvalue weighted by atomic mass is 16.5. The third kappa shape index (κ3) is 3.22. The Morgan fingerprint density at radius 2 is 2.33 bits per heavy atom. The van der Waals surface area contributed by atoms with E-state index in [4.69, 9.17) is 9.47 Å². The number of benzene rings is 1. The van der Waals surface area contributed by atoms with E-state index in [0.29, 0.717) is 13.2 Å². The molecule has 0 aliphatic carbocycles. The zero-order chi connectivity index (χ0) is 13.0. The number of piperidine rings is 1. The molecule has 1 aliphatic rings. The molecule has 2 rings (SSSR count). The van der Waals surface area contributed by atoms with Crippen LogP contribution in [0.25, 0.3) is 0 Å². The van der Waals surface area contributed by atoms with Crippen molar-refractivity contribution in [3.05, 3.63) is 29.8 Å². The smallest absolute Gasteiger partial charge is 0.119 e. The van der Waals surface area contributed by atoms with Gasteiger partial charge in [-0.3, -0.25) is 0 Å². The van der Waals surface area contributed by atoms with Crippen LogP contribution in [0.5, 0.6) is 5.75 Å². The number of methoxy groups -OCH3 is 1. The summed E-state index contributed by atoms with van der Waals surface area (Å²) in [6.07, 6.45) is 0.549. The molecule has 0 spiro atoms. The molecule has 4 heteroatoms. The Hall–Kier alpha value is -1.10. The maximum Gasteiger partial charge on any atom is 0.119 e. The summed E-state index contributed by atoms with van der Waals surface area (Å²) < 4.78 is 11.0. The van der Waals surface area contributed by atoms with Gasteiger partial charge in [-0.2, -0.15) is 0 Å². The zero-order valence-electron chi connectivity index (χ0n) is 11.0. The van der Waals surface area contributed by atoms with E-state index in [-0.39, 0.29) is 6.10 Å². The molecule has 1 aromatic rings. The van der Waals surface area contributed by atoms with Gasteiger partial charge in [-0.1, -0.05) is 12.1 Å². The summed E-state index contributed by atoms with van der Waals surface area (Å²) >= 11 is 0. The number of ether oxygens (including phenoxy) is 2. The fourth-order valence-corrected chi connectivity index (χ4v) is 2.15. The molecule has 1 saturated heterocycles. The van der Waals surface area contributed by atoms with E-state index < -0.39 is 5.60 Å². The Kier molecular flexibility index (Phi) is 4.22. The fourth-order valence-electron chi connectivity index (χ4n) is 2.15. The van der Waals surface area contributed by atoms with Gasteiger partial charge >= 0.3 is 0 Å². The van der Waals surface area contributed by atoms with Crippen LogP contribution >= 0.6 is 0 Å². The molecule has 1 aromatic carbocycles. The second-order valence-corrected chi connectivity index (χ2v) is 4.96. The summed E-state index contributed by atoms with van der Waals surface area (Å²) in [7, 11) is 1.65. The van der Waals surface area contributed by atoms with Crippen LogP contribution in [0.3, 0.4) is 0 Å². The minimum Gasteiger partial charge on any atom is -0.497 e. The third-order valence-corrected chi connectivity index (χ3v) is 3.42. The van der Waals surface area contributed by atoms with Crippen LogP contribution in [0.1, 0.15) is 18.9 Å². The van der Waals surface area contributed by atoms with Crippen molar-refractivity contribution in [3.63, 3.8) is 0 Å². The quantitative estimate of drug-likeness (QED) is 0.847. The van der Waals surface area contributed by atoms with E-state index in [2.05, 4.69) is 5.32 Å². The molecule has 18 heavy (non-hydrogen) atoms. The molecule has 0 saturated carbocycles. The van der Waals surface area contributed by atoms with Gasteiger partial charge in [-0.15, -0.1) is 0 Å². The molecule has 2 atom stereocenters. The second-order valence-electron chi connectivity index (χ2n) is 4.96.